The van der Waals surface area contributed by atoms with Gasteiger partial charge in [-0.05, 0) is 40.2 Å². The molecule has 36 heavy (non-hydrogen) atoms. The molecule has 0 radical (unpaired) electrons. The van der Waals surface area contributed by atoms with E-state index in [2.05, 4.69) is 5.32 Å². The van der Waals surface area contributed by atoms with Crippen LogP contribution < -0.4 is 20.4 Å². The van der Waals surface area contributed by atoms with Crippen molar-refractivity contribution in [3.05, 3.63) is 33.9 Å². The Morgan fingerprint density at radius 2 is 2.11 bits per heavy atom. The van der Waals surface area contributed by atoms with E-state index in [9.17, 15) is 19.5 Å². The lowest BCUT2D eigenvalue weighted by atomic mass is 9.91. The smallest absolute Gasteiger partial charge is 0.407 e. The summed E-state index contributed by atoms with van der Waals surface area (Å²) in [5.74, 6) is -1.78. The number of hydrogen-bond donors (Lipinski definition) is 2. The van der Waals surface area contributed by atoms with Crippen molar-refractivity contribution in [2.24, 2.45) is 5.92 Å². The molecule has 10 nitrogen and oxygen atoms in total. The Balaban J connectivity index is 1.52. The summed E-state index contributed by atoms with van der Waals surface area (Å²) in [6, 6.07) is 0.851. The minimum absolute atomic E-state index is 0.0327. The SMILES string of the molecule is C[C@H]1COc2c(N3CC4CCOC4(CNC(=O)OC(C)(C)C)C3)c(F)cc3c(=O)c(C(=O)O)cn1c23. The quantitative estimate of drug-likeness (QED) is 0.654. The number of carboxylic acids is 1. The third-order valence-electron chi connectivity index (χ3n) is 7.12. The van der Waals surface area contributed by atoms with Crippen molar-refractivity contribution in [2.75, 3.05) is 37.7 Å². The van der Waals surface area contributed by atoms with E-state index >= 15 is 4.39 Å². The van der Waals surface area contributed by atoms with Gasteiger partial charge < -0.3 is 34.1 Å². The van der Waals surface area contributed by atoms with Crippen LogP contribution in [0.25, 0.3) is 10.9 Å². The van der Waals surface area contributed by atoms with Crippen molar-refractivity contribution in [1.29, 1.82) is 0 Å². The Bertz CT molecular complexity index is 1320. The predicted molar refractivity (Wildman–Crippen MR) is 129 cm³/mol. The molecular weight excluding hydrogens is 473 g/mol. The number of aromatic nitrogens is 1. The fourth-order valence-corrected chi connectivity index (χ4v) is 5.49. The highest BCUT2D eigenvalue weighted by Gasteiger charge is 2.52. The maximum Gasteiger partial charge on any atom is 0.407 e. The number of nitrogens with zero attached hydrogens (tertiary/aromatic N) is 2. The van der Waals surface area contributed by atoms with Crippen LogP contribution in [0.15, 0.2) is 17.1 Å². The van der Waals surface area contributed by atoms with Crippen LogP contribution in [0.2, 0.25) is 0 Å². The van der Waals surface area contributed by atoms with Gasteiger partial charge in [0.05, 0.1) is 23.5 Å². The number of benzene rings is 1. The highest BCUT2D eigenvalue weighted by Crippen LogP contribution is 2.47. The predicted octanol–water partition coefficient (Wildman–Crippen LogP) is 2.91. The van der Waals surface area contributed by atoms with Crippen molar-refractivity contribution in [3.63, 3.8) is 0 Å². The molecule has 4 heterocycles. The first-order valence-electron chi connectivity index (χ1n) is 12.0. The molecule has 11 heteroatoms. The highest BCUT2D eigenvalue weighted by molar-refractivity contribution is 5.97. The number of pyridine rings is 1. The molecular formula is C25H30FN3O7. The van der Waals surface area contributed by atoms with E-state index in [4.69, 9.17) is 14.2 Å². The number of hydrogen-bond acceptors (Lipinski definition) is 7. The van der Waals surface area contributed by atoms with Crippen LogP contribution in [-0.2, 0) is 9.47 Å². The van der Waals surface area contributed by atoms with Crippen LogP contribution in [0.3, 0.4) is 0 Å². The third-order valence-corrected chi connectivity index (χ3v) is 7.12. The van der Waals surface area contributed by atoms with Gasteiger partial charge in [0.1, 0.15) is 29.1 Å². The van der Waals surface area contributed by atoms with Gasteiger partial charge in [-0.3, -0.25) is 4.79 Å². The number of anilines is 1. The number of amides is 1. The number of aromatic carboxylic acids is 1. The minimum Gasteiger partial charge on any atom is -0.487 e. The first-order chi connectivity index (χ1) is 16.9. The third kappa shape index (κ3) is 3.95. The van der Waals surface area contributed by atoms with Crippen LogP contribution in [-0.4, -0.2) is 65.8 Å². The minimum atomic E-state index is -1.36. The van der Waals surface area contributed by atoms with Gasteiger partial charge in [0.15, 0.2) is 11.6 Å². The lowest BCUT2D eigenvalue weighted by molar-refractivity contribution is -0.000289. The molecule has 1 amide bonds. The van der Waals surface area contributed by atoms with Crippen molar-refractivity contribution < 1.29 is 33.3 Å². The standard InChI is InChI=1S/C25H30FN3O7/c1-13-10-34-21-18-15(20(30)16(22(31)32)9-29(13)18)7-17(26)19(21)28-8-14-5-6-35-25(14,12-28)11-27-23(33)36-24(2,3)4/h7,9,13-14H,5-6,8,10-12H2,1-4H3,(H,27,33)(H,31,32)/t13-,14?,25?/m0/s1. The number of halogens is 1. The normalized spacial score (nSPS) is 25.0. The molecule has 2 unspecified atom stereocenters. The van der Waals surface area contributed by atoms with E-state index < -0.39 is 40.1 Å². The van der Waals surface area contributed by atoms with Gasteiger partial charge in [0, 0.05) is 31.8 Å². The molecule has 3 aliphatic rings. The van der Waals surface area contributed by atoms with Crippen LogP contribution in [0, 0.1) is 11.7 Å². The van der Waals surface area contributed by atoms with E-state index in [1.807, 2.05) is 11.8 Å². The summed E-state index contributed by atoms with van der Waals surface area (Å²) < 4.78 is 34.8. The molecule has 0 saturated carbocycles. The van der Waals surface area contributed by atoms with Crippen molar-refractivity contribution in [3.8, 4) is 5.75 Å². The Labute approximate surface area is 206 Å². The number of carbonyl (C=O) groups is 2. The second-order valence-electron chi connectivity index (χ2n) is 10.8. The first-order valence-corrected chi connectivity index (χ1v) is 12.0. The zero-order valence-corrected chi connectivity index (χ0v) is 20.7. The van der Waals surface area contributed by atoms with E-state index in [0.717, 1.165) is 12.5 Å². The van der Waals surface area contributed by atoms with Crippen LogP contribution >= 0.6 is 0 Å². The van der Waals surface area contributed by atoms with Gasteiger partial charge >= 0.3 is 12.1 Å². The molecule has 0 spiro atoms. The Morgan fingerprint density at radius 3 is 2.81 bits per heavy atom. The summed E-state index contributed by atoms with van der Waals surface area (Å²) in [7, 11) is 0. The topological polar surface area (TPSA) is 119 Å². The molecule has 5 rings (SSSR count). The van der Waals surface area contributed by atoms with E-state index in [1.165, 1.54) is 6.20 Å². The molecule has 2 saturated heterocycles. The molecule has 1 aromatic heterocycles. The highest BCUT2D eigenvalue weighted by atomic mass is 19.1. The summed E-state index contributed by atoms with van der Waals surface area (Å²) in [6.07, 6.45) is 1.51. The molecule has 2 N–H and O–H groups in total. The van der Waals surface area contributed by atoms with Crippen LogP contribution in [0.1, 0.15) is 50.5 Å². The summed E-state index contributed by atoms with van der Waals surface area (Å²) in [4.78, 5) is 38.6. The number of alkyl carbamates (subject to hydrolysis) is 1. The lowest BCUT2D eigenvalue weighted by Gasteiger charge is -2.32. The average molecular weight is 504 g/mol. The maximum atomic E-state index is 15.6. The van der Waals surface area contributed by atoms with Crippen LogP contribution in [0.4, 0.5) is 14.9 Å². The van der Waals surface area contributed by atoms with Gasteiger partial charge in [-0.2, -0.15) is 0 Å². The Kier molecular flexibility index (Phi) is 5.66. The molecule has 3 atom stereocenters. The van der Waals surface area contributed by atoms with Crippen molar-refractivity contribution in [1.82, 2.24) is 9.88 Å². The zero-order chi connectivity index (χ0) is 26.0. The van der Waals surface area contributed by atoms with Crippen molar-refractivity contribution in [2.45, 2.75) is 51.4 Å². The molecule has 0 aliphatic carbocycles. The molecule has 1 aromatic carbocycles. The van der Waals surface area contributed by atoms with E-state index in [1.54, 1.807) is 25.3 Å². The summed E-state index contributed by atoms with van der Waals surface area (Å²) in [5.41, 5.74) is -1.94. The van der Waals surface area contributed by atoms with Gasteiger partial charge in [-0.25, -0.2) is 14.0 Å². The average Bonchev–Trinajstić information content (AvgIpc) is 3.32. The first kappa shape index (κ1) is 24.4. The Morgan fingerprint density at radius 1 is 1.36 bits per heavy atom. The van der Waals surface area contributed by atoms with E-state index in [0.29, 0.717) is 25.2 Å². The number of fused-ring (bicyclic) bond motifs is 1. The number of rotatable bonds is 4. The second-order valence-corrected chi connectivity index (χ2v) is 10.8. The lowest BCUT2D eigenvalue weighted by Crippen LogP contribution is -2.49. The van der Waals surface area contributed by atoms with Crippen molar-refractivity contribution >= 4 is 28.7 Å². The fourth-order valence-electron chi connectivity index (χ4n) is 5.49. The maximum absolute atomic E-state index is 15.6. The number of ether oxygens (including phenoxy) is 3. The van der Waals surface area contributed by atoms with Gasteiger partial charge in [0.2, 0.25) is 5.43 Å². The number of carboxylic acid groups (broad SMARTS) is 1. The monoisotopic (exact) mass is 503 g/mol. The van der Waals surface area contributed by atoms with Crippen LogP contribution in [0.5, 0.6) is 5.75 Å². The summed E-state index contributed by atoms with van der Waals surface area (Å²) >= 11 is 0. The zero-order valence-electron chi connectivity index (χ0n) is 20.7. The van der Waals surface area contributed by atoms with Gasteiger partial charge in [0.25, 0.3) is 0 Å². The van der Waals surface area contributed by atoms with E-state index in [-0.39, 0.29) is 41.9 Å². The van der Waals surface area contributed by atoms with Gasteiger partial charge in [-0.15, -0.1) is 0 Å². The summed E-state index contributed by atoms with van der Waals surface area (Å²) in [5, 5.41) is 12.3. The number of carbonyl (C=O) groups excluding carboxylic acids is 1. The summed E-state index contributed by atoms with van der Waals surface area (Å²) in [6.45, 7) is 8.90. The molecule has 2 fully saturated rings. The molecule has 3 aliphatic heterocycles. The molecule has 194 valence electrons. The molecule has 0 bridgehead atoms. The fraction of sp³-hybridized carbons (Fsp3) is 0.560. The van der Waals surface area contributed by atoms with Gasteiger partial charge in [-0.1, -0.05) is 0 Å². The number of nitrogens with one attached hydrogen (secondary N) is 1. The molecule has 2 aromatic rings. The Hall–Kier alpha value is -3.34. The second kappa shape index (κ2) is 8.36. The largest absolute Gasteiger partial charge is 0.487 e.